The minimum absolute atomic E-state index is 0.104. The average molecular weight is 305 g/mol. The van der Waals surface area contributed by atoms with Crippen molar-refractivity contribution in [1.29, 1.82) is 0 Å². The van der Waals surface area contributed by atoms with Crippen molar-refractivity contribution in [2.75, 3.05) is 23.3 Å². The molecular formula is C14H15N3O5. The van der Waals surface area contributed by atoms with E-state index in [9.17, 15) is 19.2 Å². The van der Waals surface area contributed by atoms with E-state index in [0.29, 0.717) is 11.4 Å². The predicted molar refractivity (Wildman–Crippen MR) is 77.3 cm³/mol. The van der Waals surface area contributed by atoms with Gasteiger partial charge in [0.25, 0.3) is 0 Å². The number of carbonyl (C=O) groups excluding carboxylic acids is 3. The Kier molecular flexibility index (Phi) is 4.72. The van der Waals surface area contributed by atoms with Crippen molar-refractivity contribution in [3.63, 3.8) is 0 Å². The summed E-state index contributed by atoms with van der Waals surface area (Å²) in [5.41, 5.74) is 1.13. The van der Waals surface area contributed by atoms with Gasteiger partial charge in [-0.1, -0.05) is 12.1 Å². The number of anilines is 2. The van der Waals surface area contributed by atoms with Crippen molar-refractivity contribution in [3.05, 3.63) is 24.3 Å². The number of para-hydroxylation sites is 2. The van der Waals surface area contributed by atoms with E-state index in [2.05, 4.69) is 10.6 Å². The van der Waals surface area contributed by atoms with Crippen LogP contribution >= 0.6 is 0 Å². The topological polar surface area (TPSA) is 116 Å². The molecule has 0 spiro atoms. The molecule has 1 aliphatic heterocycles. The van der Waals surface area contributed by atoms with Gasteiger partial charge in [-0.2, -0.15) is 0 Å². The molecule has 3 amide bonds. The Balaban J connectivity index is 1.97. The normalized spacial score (nSPS) is 13.1. The Morgan fingerprint density at radius 3 is 2.68 bits per heavy atom. The monoisotopic (exact) mass is 305 g/mol. The molecule has 0 aliphatic carbocycles. The van der Waals surface area contributed by atoms with E-state index in [1.54, 1.807) is 24.3 Å². The molecule has 0 aromatic heterocycles. The standard InChI is InChI=1S/C14H15N3O5/c18-11(15-7-14(21)22)5-6-13(20)17-8-12(19)16-9-3-1-2-4-10(9)17/h1-4H,5-8H2,(H,15,18)(H,16,19)(H,21,22). The van der Waals surface area contributed by atoms with Crippen LogP contribution in [0.2, 0.25) is 0 Å². The lowest BCUT2D eigenvalue weighted by atomic mass is 10.1. The summed E-state index contributed by atoms with van der Waals surface area (Å²) in [7, 11) is 0. The number of aliphatic carboxylic acids is 1. The molecule has 1 aliphatic rings. The van der Waals surface area contributed by atoms with E-state index in [4.69, 9.17) is 5.11 Å². The third kappa shape index (κ3) is 3.81. The highest BCUT2D eigenvalue weighted by Gasteiger charge is 2.26. The van der Waals surface area contributed by atoms with Crippen LogP contribution in [0, 0.1) is 0 Å². The number of amides is 3. The maximum atomic E-state index is 12.2. The molecule has 1 heterocycles. The molecule has 0 atom stereocenters. The molecular weight excluding hydrogens is 290 g/mol. The second-order valence-corrected chi connectivity index (χ2v) is 4.72. The summed E-state index contributed by atoms with van der Waals surface area (Å²) in [6.45, 7) is -0.589. The number of carboxylic acids is 1. The van der Waals surface area contributed by atoms with E-state index in [1.807, 2.05) is 0 Å². The number of nitrogens with one attached hydrogen (secondary N) is 2. The third-order valence-corrected chi connectivity index (χ3v) is 3.07. The summed E-state index contributed by atoms with van der Waals surface area (Å²) < 4.78 is 0. The smallest absolute Gasteiger partial charge is 0.322 e. The zero-order chi connectivity index (χ0) is 16.1. The van der Waals surface area contributed by atoms with Gasteiger partial charge in [-0.3, -0.25) is 19.2 Å². The van der Waals surface area contributed by atoms with Crippen molar-refractivity contribution in [2.45, 2.75) is 12.8 Å². The van der Waals surface area contributed by atoms with Crippen LogP contribution in [-0.2, 0) is 19.2 Å². The predicted octanol–water partition coefficient (Wildman–Crippen LogP) is -0.0473. The van der Waals surface area contributed by atoms with E-state index >= 15 is 0 Å². The summed E-state index contributed by atoms with van der Waals surface area (Å²) in [5.74, 6) is -2.35. The maximum absolute atomic E-state index is 12.2. The van der Waals surface area contributed by atoms with Crippen LogP contribution in [-0.4, -0.2) is 41.9 Å². The summed E-state index contributed by atoms with van der Waals surface area (Å²) in [4.78, 5) is 46.9. The third-order valence-electron chi connectivity index (χ3n) is 3.07. The molecule has 0 bridgehead atoms. The Bertz CT molecular complexity index is 629. The van der Waals surface area contributed by atoms with Gasteiger partial charge >= 0.3 is 5.97 Å². The van der Waals surface area contributed by atoms with Crippen LogP contribution in [0.1, 0.15) is 12.8 Å². The molecule has 2 rings (SSSR count). The molecule has 116 valence electrons. The zero-order valence-corrected chi connectivity index (χ0v) is 11.7. The van der Waals surface area contributed by atoms with Gasteiger partial charge in [0.15, 0.2) is 0 Å². The van der Waals surface area contributed by atoms with Gasteiger partial charge in [-0.25, -0.2) is 0 Å². The number of rotatable bonds is 5. The van der Waals surface area contributed by atoms with Crippen LogP contribution in [0.4, 0.5) is 11.4 Å². The lowest BCUT2D eigenvalue weighted by Gasteiger charge is -2.29. The minimum Gasteiger partial charge on any atom is -0.480 e. The number of fused-ring (bicyclic) bond motifs is 1. The largest absolute Gasteiger partial charge is 0.480 e. The van der Waals surface area contributed by atoms with Crippen molar-refractivity contribution >= 4 is 35.1 Å². The fourth-order valence-corrected chi connectivity index (χ4v) is 2.07. The molecule has 0 saturated carbocycles. The van der Waals surface area contributed by atoms with Crippen LogP contribution < -0.4 is 15.5 Å². The number of nitrogens with zero attached hydrogens (tertiary/aromatic N) is 1. The van der Waals surface area contributed by atoms with Crippen LogP contribution in [0.5, 0.6) is 0 Å². The molecule has 1 aromatic rings. The first kappa shape index (κ1) is 15.5. The van der Waals surface area contributed by atoms with Gasteiger partial charge in [-0.15, -0.1) is 0 Å². The van der Waals surface area contributed by atoms with Gasteiger partial charge in [-0.05, 0) is 12.1 Å². The highest BCUT2D eigenvalue weighted by Crippen LogP contribution is 2.29. The summed E-state index contributed by atoms with van der Waals surface area (Å²) >= 11 is 0. The lowest BCUT2D eigenvalue weighted by Crippen LogP contribution is -2.42. The first-order valence-electron chi connectivity index (χ1n) is 6.65. The van der Waals surface area contributed by atoms with Crippen molar-refractivity contribution in [1.82, 2.24) is 5.32 Å². The molecule has 22 heavy (non-hydrogen) atoms. The molecule has 0 radical (unpaired) electrons. The van der Waals surface area contributed by atoms with Crippen LogP contribution in [0.3, 0.4) is 0 Å². The lowest BCUT2D eigenvalue weighted by molar-refractivity contribution is -0.138. The fourth-order valence-electron chi connectivity index (χ4n) is 2.07. The second kappa shape index (κ2) is 6.70. The number of benzene rings is 1. The first-order valence-corrected chi connectivity index (χ1v) is 6.65. The van der Waals surface area contributed by atoms with Crippen LogP contribution in [0.15, 0.2) is 24.3 Å². The zero-order valence-electron chi connectivity index (χ0n) is 11.7. The minimum atomic E-state index is -1.15. The quantitative estimate of drug-likeness (QED) is 0.705. The van der Waals surface area contributed by atoms with Gasteiger partial charge in [0.05, 0.1) is 11.4 Å². The maximum Gasteiger partial charge on any atom is 0.322 e. The molecule has 8 heteroatoms. The van der Waals surface area contributed by atoms with Gasteiger partial charge < -0.3 is 20.6 Å². The molecule has 8 nitrogen and oxygen atoms in total. The fraction of sp³-hybridized carbons (Fsp3) is 0.286. The molecule has 0 saturated heterocycles. The van der Waals surface area contributed by atoms with E-state index in [0.717, 1.165) is 0 Å². The van der Waals surface area contributed by atoms with Gasteiger partial charge in [0.2, 0.25) is 17.7 Å². The first-order chi connectivity index (χ1) is 10.5. The van der Waals surface area contributed by atoms with E-state index < -0.39 is 18.4 Å². The van der Waals surface area contributed by atoms with Crippen LogP contribution in [0.25, 0.3) is 0 Å². The number of carbonyl (C=O) groups is 4. The second-order valence-electron chi connectivity index (χ2n) is 4.72. The highest BCUT2D eigenvalue weighted by atomic mass is 16.4. The summed E-state index contributed by atoms with van der Waals surface area (Å²) in [6.07, 6.45) is -0.237. The van der Waals surface area contributed by atoms with Crippen molar-refractivity contribution in [3.8, 4) is 0 Å². The van der Waals surface area contributed by atoms with Gasteiger partial charge in [0, 0.05) is 12.8 Å². The molecule has 0 fully saturated rings. The SMILES string of the molecule is O=C(O)CNC(=O)CCC(=O)N1CC(=O)Nc2ccccc21. The van der Waals surface area contributed by atoms with Gasteiger partial charge in [0.1, 0.15) is 13.1 Å². The molecule has 3 N–H and O–H groups in total. The Morgan fingerprint density at radius 1 is 1.23 bits per heavy atom. The summed E-state index contributed by atoms with van der Waals surface area (Å²) in [6, 6.07) is 6.88. The number of hydrogen-bond donors (Lipinski definition) is 3. The Morgan fingerprint density at radius 2 is 1.95 bits per heavy atom. The van der Waals surface area contributed by atoms with E-state index in [1.165, 1.54) is 4.90 Å². The Labute approximate surface area is 126 Å². The van der Waals surface area contributed by atoms with E-state index in [-0.39, 0.29) is 31.2 Å². The molecule has 0 unspecified atom stereocenters. The van der Waals surface area contributed by atoms with Crippen molar-refractivity contribution in [2.24, 2.45) is 0 Å². The number of hydrogen-bond acceptors (Lipinski definition) is 4. The Hall–Kier alpha value is -2.90. The number of carboxylic acid groups (broad SMARTS) is 1. The summed E-state index contributed by atoms with van der Waals surface area (Å²) in [5, 5.41) is 13.3. The highest BCUT2D eigenvalue weighted by molar-refractivity contribution is 6.10. The average Bonchev–Trinajstić information content (AvgIpc) is 2.49. The molecule has 1 aromatic carbocycles. The van der Waals surface area contributed by atoms with Crippen molar-refractivity contribution < 1.29 is 24.3 Å².